The van der Waals surface area contributed by atoms with E-state index in [0.717, 1.165) is 18.5 Å². The standard InChI is InChI=1S/C12H17N3OS/c1-15-11(3-6-14-15)2-5-13-8-12(16)10-4-7-17-9-10/h3-4,6-7,9,12-13,16H,2,5,8H2,1H3. The summed E-state index contributed by atoms with van der Waals surface area (Å²) in [5, 5.41) is 21.2. The van der Waals surface area contributed by atoms with Crippen molar-refractivity contribution in [3.8, 4) is 0 Å². The van der Waals surface area contributed by atoms with E-state index in [2.05, 4.69) is 10.4 Å². The molecule has 0 bridgehead atoms. The zero-order valence-electron chi connectivity index (χ0n) is 9.84. The van der Waals surface area contributed by atoms with E-state index in [-0.39, 0.29) is 0 Å². The molecule has 0 fully saturated rings. The first kappa shape index (κ1) is 12.3. The first-order valence-electron chi connectivity index (χ1n) is 5.65. The number of aromatic nitrogens is 2. The third kappa shape index (κ3) is 3.39. The lowest BCUT2D eigenvalue weighted by Crippen LogP contribution is -2.24. The molecule has 0 spiro atoms. The van der Waals surface area contributed by atoms with Crippen LogP contribution >= 0.6 is 11.3 Å². The van der Waals surface area contributed by atoms with Crippen molar-refractivity contribution < 1.29 is 5.11 Å². The number of nitrogens with one attached hydrogen (secondary N) is 1. The molecule has 0 aliphatic rings. The van der Waals surface area contributed by atoms with Gasteiger partial charge in [0.25, 0.3) is 0 Å². The van der Waals surface area contributed by atoms with Crippen LogP contribution < -0.4 is 5.32 Å². The predicted molar refractivity (Wildman–Crippen MR) is 69.1 cm³/mol. The molecule has 0 amide bonds. The molecule has 0 saturated carbocycles. The molecular weight excluding hydrogens is 234 g/mol. The third-order valence-corrected chi connectivity index (χ3v) is 3.45. The van der Waals surface area contributed by atoms with Crippen LogP contribution in [0.1, 0.15) is 17.4 Å². The van der Waals surface area contributed by atoms with Crippen LogP contribution in [0.5, 0.6) is 0 Å². The molecular formula is C12H17N3OS. The molecule has 4 nitrogen and oxygen atoms in total. The van der Waals surface area contributed by atoms with Crippen LogP contribution in [0.4, 0.5) is 0 Å². The van der Waals surface area contributed by atoms with E-state index in [1.54, 1.807) is 17.5 Å². The molecule has 2 rings (SSSR count). The molecule has 0 aromatic carbocycles. The number of aliphatic hydroxyl groups excluding tert-OH is 1. The highest BCUT2D eigenvalue weighted by atomic mass is 32.1. The Morgan fingerprint density at radius 2 is 2.41 bits per heavy atom. The molecule has 1 unspecified atom stereocenters. The molecule has 2 aromatic rings. The smallest absolute Gasteiger partial charge is 0.0922 e. The van der Waals surface area contributed by atoms with Crippen molar-refractivity contribution in [1.82, 2.24) is 15.1 Å². The number of nitrogens with zero attached hydrogens (tertiary/aromatic N) is 2. The molecule has 0 radical (unpaired) electrons. The zero-order valence-corrected chi connectivity index (χ0v) is 10.7. The highest BCUT2D eigenvalue weighted by molar-refractivity contribution is 7.07. The minimum absolute atomic E-state index is 0.409. The summed E-state index contributed by atoms with van der Waals surface area (Å²) >= 11 is 1.61. The van der Waals surface area contributed by atoms with Gasteiger partial charge in [-0.05, 0) is 28.5 Å². The lowest BCUT2D eigenvalue weighted by Gasteiger charge is -2.10. The molecule has 1 atom stereocenters. The molecule has 2 N–H and O–H groups in total. The van der Waals surface area contributed by atoms with E-state index in [1.807, 2.05) is 34.6 Å². The second kappa shape index (κ2) is 5.95. The normalized spacial score (nSPS) is 12.8. The summed E-state index contributed by atoms with van der Waals surface area (Å²) in [4.78, 5) is 0. The van der Waals surface area contributed by atoms with Gasteiger partial charge in [0.15, 0.2) is 0 Å². The minimum atomic E-state index is -0.409. The maximum Gasteiger partial charge on any atom is 0.0922 e. The highest BCUT2D eigenvalue weighted by Crippen LogP contribution is 2.14. The molecule has 5 heteroatoms. The van der Waals surface area contributed by atoms with Crippen molar-refractivity contribution >= 4 is 11.3 Å². The predicted octanol–water partition coefficient (Wildman–Crippen LogP) is 1.35. The monoisotopic (exact) mass is 251 g/mol. The second-order valence-electron chi connectivity index (χ2n) is 3.97. The summed E-state index contributed by atoms with van der Waals surface area (Å²) in [5.41, 5.74) is 2.19. The van der Waals surface area contributed by atoms with Gasteiger partial charge in [0.1, 0.15) is 0 Å². The van der Waals surface area contributed by atoms with Gasteiger partial charge in [-0.25, -0.2) is 0 Å². The number of aliphatic hydroxyl groups is 1. The maximum atomic E-state index is 9.85. The van der Waals surface area contributed by atoms with Crippen molar-refractivity contribution in [1.29, 1.82) is 0 Å². The van der Waals surface area contributed by atoms with Crippen LogP contribution in [0.3, 0.4) is 0 Å². The topological polar surface area (TPSA) is 50.1 Å². The van der Waals surface area contributed by atoms with Gasteiger partial charge in [-0.3, -0.25) is 4.68 Å². The molecule has 0 saturated heterocycles. The minimum Gasteiger partial charge on any atom is -0.387 e. The van der Waals surface area contributed by atoms with Gasteiger partial charge < -0.3 is 10.4 Å². The van der Waals surface area contributed by atoms with Gasteiger partial charge >= 0.3 is 0 Å². The van der Waals surface area contributed by atoms with Crippen LogP contribution in [-0.4, -0.2) is 28.0 Å². The summed E-state index contributed by atoms with van der Waals surface area (Å²) < 4.78 is 1.87. The van der Waals surface area contributed by atoms with Gasteiger partial charge in [-0.1, -0.05) is 0 Å². The maximum absolute atomic E-state index is 9.85. The molecule has 17 heavy (non-hydrogen) atoms. The number of aryl methyl sites for hydroxylation is 1. The number of thiophene rings is 1. The largest absolute Gasteiger partial charge is 0.387 e. The van der Waals surface area contributed by atoms with E-state index in [4.69, 9.17) is 0 Å². The average molecular weight is 251 g/mol. The highest BCUT2D eigenvalue weighted by Gasteiger charge is 2.06. The first-order valence-corrected chi connectivity index (χ1v) is 6.59. The van der Waals surface area contributed by atoms with E-state index in [9.17, 15) is 5.11 Å². The fraction of sp³-hybridized carbons (Fsp3) is 0.417. The molecule has 92 valence electrons. The molecule has 0 aliphatic heterocycles. The Kier molecular flexibility index (Phi) is 4.30. The lowest BCUT2D eigenvalue weighted by atomic mass is 10.2. The Labute approximate surface area is 105 Å². The average Bonchev–Trinajstić information content (AvgIpc) is 2.96. The summed E-state index contributed by atoms with van der Waals surface area (Å²) in [6, 6.07) is 3.97. The van der Waals surface area contributed by atoms with Crippen molar-refractivity contribution in [2.45, 2.75) is 12.5 Å². The molecule has 0 aliphatic carbocycles. The van der Waals surface area contributed by atoms with E-state index in [0.29, 0.717) is 6.54 Å². The number of rotatable bonds is 6. The summed E-state index contributed by atoms with van der Waals surface area (Å²) in [5.74, 6) is 0. The Hall–Kier alpha value is -1.17. The van der Waals surface area contributed by atoms with Gasteiger partial charge in [-0.2, -0.15) is 16.4 Å². The van der Waals surface area contributed by atoms with Crippen molar-refractivity contribution in [3.05, 3.63) is 40.3 Å². The van der Waals surface area contributed by atoms with Crippen molar-refractivity contribution in [3.63, 3.8) is 0 Å². The van der Waals surface area contributed by atoms with Crippen LogP contribution in [0, 0.1) is 0 Å². The third-order valence-electron chi connectivity index (χ3n) is 2.75. The van der Waals surface area contributed by atoms with E-state index < -0.39 is 6.10 Å². The van der Waals surface area contributed by atoms with Crippen LogP contribution in [-0.2, 0) is 13.5 Å². The quantitative estimate of drug-likeness (QED) is 0.762. The van der Waals surface area contributed by atoms with E-state index >= 15 is 0 Å². The Morgan fingerprint density at radius 1 is 1.53 bits per heavy atom. The van der Waals surface area contributed by atoms with Crippen LogP contribution in [0.2, 0.25) is 0 Å². The van der Waals surface area contributed by atoms with E-state index in [1.165, 1.54) is 5.69 Å². The van der Waals surface area contributed by atoms with Crippen molar-refractivity contribution in [2.75, 3.05) is 13.1 Å². The number of hydrogen-bond donors (Lipinski definition) is 2. The van der Waals surface area contributed by atoms with Gasteiger partial charge in [0.2, 0.25) is 0 Å². The van der Waals surface area contributed by atoms with Crippen LogP contribution in [0.25, 0.3) is 0 Å². The second-order valence-corrected chi connectivity index (χ2v) is 4.75. The SMILES string of the molecule is Cn1nccc1CCNCC(O)c1ccsc1. The Bertz CT molecular complexity index is 438. The fourth-order valence-electron chi connectivity index (χ4n) is 1.68. The fourth-order valence-corrected chi connectivity index (χ4v) is 2.39. The van der Waals surface area contributed by atoms with Crippen LogP contribution in [0.15, 0.2) is 29.1 Å². The molecule has 2 heterocycles. The van der Waals surface area contributed by atoms with Gasteiger partial charge in [0.05, 0.1) is 6.10 Å². The Morgan fingerprint density at radius 3 is 3.06 bits per heavy atom. The lowest BCUT2D eigenvalue weighted by molar-refractivity contribution is 0.175. The van der Waals surface area contributed by atoms with Crippen molar-refractivity contribution in [2.24, 2.45) is 7.05 Å². The Balaban J connectivity index is 1.68. The first-order chi connectivity index (χ1) is 8.27. The summed E-state index contributed by atoms with van der Waals surface area (Å²) in [7, 11) is 1.94. The summed E-state index contributed by atoms with van der Waals surface area (Å²) in [6.45, 7) is 1.44. The zero-order chi connectivity index (χ0) is 12.1. The number of hydrogen-bond acceptors (Lipinski definition) is 4. The molecule has 2 aromatic heterocycles. The summed E-state index contributed by atoms with van der Waals surface area (Å²) in [6.07, 6.45) is 2.32. The van der Waals surface area contributed by atoms with Gasteiger partial charge in [0, 0.05) is 38.4 Å². The van der Waals surface area contributed by atoms with Gasteiger partial charge in [-0.15, -0.1) is 0 Å².